The highest BCUT2D eigenvalue weighted by Gasteiger charge is 2.40. The van der Waals surface area contributed by atoms with Crippen molar-refractivity contribution < 1.29 is 9.18 Å². The summed E-state index contributed by atoms with van der Waals surface area (Å²) in [6.45, 7) is 8.44. The van der Waals surface area contributed by atoms with E-state index in [1.807, 2.05) is 19.9 Å². The minimum absolute atomic E-state index is 0.0130. The van der Waals surface area contributed by atoms with E-state index in [0.29, 0.717) is 18.0 Å². The van der Waals surface area contributed by atoms with Gasteiger partial charge in [-0.05, 0) is 17.5 Å². The quantitative estimate of drug-likeness (QED) is 0.682. The molecule has 1 fully saturated rings. The van der Waals surface area contributed by atoms with Gasteiger partial charge in [-0.25, -0.2) is 9.82 Å². The Morgan fingerprint density at radius 1 is 1.35 bits per heavy atom. The van der Waals surface area contributed by atoms with E-state index in [-0.39, 0.29) is 28.6 Å². The van der Waals surface area contributed by atoms with Crippen molar-refractivity contribution in [3.63, 3.8) is 0 Å². The highest BCUT2D eigenvalue weighted by molar-refractivity contribution is 9.09. The summed E-state index contributed by atoms with van der Waals surface area (Å²) >= 11 is 3.60. The van der Waals surface area contributed by atoms with E-state index in [4.69, 9.17) is 0 Å². The van der Waals surface area contributed by atoms with E-state index in [1.54, 1.807) is 12.1 Å². The molecule has 0 spiro atoms. The molecule has 1 saturated heterocycles. The van der Waals surface area contributed by atoms with Crippen LogP contribution < -0.4 is 16.2 Å². The van der Waals surface area contributed by atoms with Crippen molar-refractivity contribution in [1.82, 2.24) is 16.2 Å². The molecule has 0 aliphatic carbocycles. The van der Waals surface area contributed by atoms with Crippen molar-refractivity contribution in [2.75, 3.05) is 6.54 Å². The van der Waals surface area contributed by atoms with Gasteiger partial charge < -0.3 is 5.32 Å². The number of hydrogen-bond acceptors (Lipinski definition) is 3. The number of hydrazine groups is 1. The molecular weight excluding hydrogens is 361 g/mol. The number of halogens is 2. The minimum atomic E-state index is -0.480. The molecule has 1 aromatic rings. The number of benzene rings is 1. The monoisotopic (exact) mass is 385 g/mol. The molecule has 23 heavy (non-hydrogen) atoms. The van der Waals surface area contributed by atoms with Gasteiger partial charge in [-0.2, -0.15) is 0 Å². The lowest BCUT2D eigenvalue weighted by molar-refractivity contribution is -0.123. The second kappa shape index (κ2) is 7.28. The highest BCUT2D eigenvalue weighted by atomic mass is 79.9. The van der Waals surface area contributed by atoms with E-state index in [0.717, 1.165) is 0 Å². The minimum Gasteiger partial charge on any atom is -0.354 e. The Morgan fingerprint density at radius 2 is 2.00 bits per heavy atom. The van der Waals surface area contributed by atoms with Crippen LogP contribution in [-0.2, 0) is 10.2 Å². The van der Waals surface area contributed by atoms with E-state index < -0.39 is 5.41 Å². The Kier molecular flexibility index (Phi) is 5.81. The number of amides is 1. The van der Waals surface area contributed by atoms with Gasteiger partial charge in [-0.3, -0.25) is 10.2 Å². The molecule has 3 unspecified atom stereocenters. The Bertz CT molecular complexity index is 565. The Hall–Kier alpha value is -0.980. The predicted molar refractivity (Wildman–Crippen MR) is 93.8 cm³/mol. The fourth-order valence-electron chi connectivity index (χ4n) is 2.82. The van der Waals surface area contributed by atoms with E-state index in [2.05, 4.69) is 45.9 Å². The predicted octanol–water partition coefficient (Wildman–Crippen LogP) is 2.48. The number of carbonyl (C=O) groups is 1. The molecule has 0 bridgehead atoms. The van der Waals surface area contributed by atoms with Gasteiger partial charge in [0.1, 0.15) is 11.9 Å². The summed E-state index contributed by atoms with van der Waals surface area (Å²) in [5, 5.41) is 2.94. The molecule has 2 rings (SSSR count). The first-order valence-electron chi connectivity index (χ1n) is 7.92. The van der Waals surface area contributed by atoms with Gasteiger partial charge in [-0.15, -0.1) is 0 Å². The van der Waals surface area contributed by atoms with Gasteiger partial charge in [0.15, 0.2) is 0 Å². The molecular formula is C17H25BrFN3O. The molecule has 0 radical (unpaired) electrons. The second-order valence-corrected chi connectivity index (χ2v) is 8.12. The molecule has 0 aromatic heterocycles. The number of carbonyl (C=O) groups excluding carboxylic acids is 1. The van der Waals surface area contributed by atoms with Gasteiger partial charge in [0.25, 0.3) is 0 Å². The fraction of sp³-hybridized carbons (Fsp3) is 0.588. The summed E-state index contributed by atoms with van der Waals surface area (Å²) in [7, 11) is 0. The third-order valence-corrected chi connectivity index (χ3v) is 5.47. The molecule has 128 valence electrons. The molecule has 1 heterocycles. The van der Waals surface area contributed by atoms with Gasteiger partial charge in [0.05, 0.1) is 4.83 Å². The summed E-state index contributed by atoms with van der Waals surface area (Å²) in [6.07, 6.45) is 0. The molecule has 3 atom stereocenters. The maximum absolute atomic E-state index is 14.0. The SMILES string of the molecule is CC(C)C1NNC(C(=O)NCC(C)(C)c2ccccc2F)C1Br. The summed E-state index contributed by atoms with van der Waals surface area (Å²) < 4.78 is 14.0. The molecule has 1 amide bonds. The van der Waals surface area contributed by atoms with E-state index in [9.17, 15) is 9.18 Å². The lowest BCUT2D eigenvalue weighted by Crippen LogP contribution is -2.49. The molecule has 1 aliphatic heterocycles. The van der Waals surface area contributed by atoms with Crippen molar-refractivity contribution in [2.24, 2.45) is 5.92 Å². The first-order chi connectivity index (χ1) is 10.7. The summed E-state index contributed by atoms with van der Waals surface area (Å²) in [4.78, 5) is 12.5. The number of alkyl halides is 1. The van der Waals surface area contributed by atoms with Gasteiger partial charge in [0, 0.05) is 18.0 Å². The van der Waals surface area contributed by atoms with Crippen molar-refractivity contribution >= 4 is 21.8 Å². The van der Waals surface area contributed by atoms with Gasteiger partial charge in [0.2, 0.25) is 5.91 Å². The van der Waals surface area contributed by atoms with Gasteiger partial charge in [-0.1, -0.05) is 61.8 Å². The summed E-state index contributed by atoms with van der Waals surface area (Å²) in [6, 6.07) is 6.53. The van der Waals surface area contributed by atoms with Crippen LogP contribution in [0.25, 0.3) is 0 Å². The zero-order chi connectivity index (χ0) is 17.2. The van der Waals surface area contributed by atoms with Crippen LogP contribution in [0.15, 0.2) is 24.3 Å². The van der Waals surface area contributed by atoms with Crippen LogP contribution in [0.3, 0.4) is 0 Å². The normalized spacial score (nSPS) is 24.9. The molecule has 0 saturated carbocycles. The summed E-state index contributed by atoms with van der Waals surface area (Å²) in [5.41, 5.74) is 6.32. The average molecular weight is 386 g/mol. The Morgan fingerprint density at radius 3 is 2.57 bits per heavy atom. The van der Waals surface area contributed by atoms with Crippen molar-refractivity contribution in [1.29, 1.82) is 0 Å². The maximum Gasteiger partial charge on any atom is 0.239 e. The first-order valence-corrected chi connectivity index (χ1v) is 8.83. The fourth-order valence-corrected chi connectivity index (χ4v) is 3.94. The lowest BCUT2D eigenvalue weighted by Gasteiger charge is -2.27. The zero-order valence-corrected chi connectivity index (χ0v) is 15.6. The number of hydrogen-bond donors (Lipinski definition) is 3. The molecule has 6 heteroatoms. The Labute approximate surface area is 145 Å². The van der Waals surface area contributed by atoms with Crippen LogP contribution in [0.5, 0.6) is 0 Å². The van der Waals surface area contributed by atoms with Crippen molar-refractivity contribution in [3.8, 4) is 0 Å². The maximum atomic E-state index is 14.0. The Balaban J connectivity index is 1.98. The van der Waals surface area contributed by atoms with Crippen molar-refractivity contribution in [2.45, 2.75) is 50.0 Å². The van der Waals surface area contributed by atoms with E-state index >= 15 is 0 Å². The van der Waals surface area contributed by atoms with Gasteiger partial charge >= 0.3 is 0 Å². The van der Waals surface area contributed by atoms with Crippen LogP contribution in [0.4, 0.5) is 4.39 Å². The van der Waals surface area contributed by atoms with Crippen LogP contribution >= 0.6 is 15.9 Å². The largest absolute Gasteiger partial charge is 0.354 e. The van der Waals surface area contributed by atoms with E-state index in [1.165, 1.54) is 6.07 Å². The smallest absolute Gasteiger partial charge is 0.239 e. The summed E-state index contributed by atoms with van der Waals surface area (Å²) in [5.74, 6) is 0.0668. The first kappa shape index (κ1) is 18.4. The van der Waals surface area contributed by atoms with Crippen LogP contribution in [0, 0.1) is 11.7 Å². The zero-order valence-electron chi connectivity index (χ0n) is 14.0. The molecule has 1 aromatic carbocycles. The van der Waals surface area contributed by atoms with Crippen LogP contribution in [0.1, 0.15) is 33.3 Å². The topological polar surface area (TPSA) is 53.2 Å². The molecule has 4 nitrogen and oxygen atoms in total. The standard InChI is InChI=1S/C17H25BrFN3O/c1-10(2)14-13(18)15(22-21-14)16(23)20-9-17(3,4)11-7-5-6-8-12(11)19/h5-8,10,13-15,21-22H,9H2,1-4H3,(H,20,23). The molecule has 1 aliphatic rings. The lowest BCUT2D eigenvalue weighted by atomic mass is 9.84. The molecule has 3 N–H and O–H groups in total. The third kappa shape index (κ3) is 4.11. The highest BCUT2D eigenvalue weighted by Crippen LogP contribution is 2.25. The second-order valence-electron chi connectivity index (χ2n) is 7.06. The number of nitrogens with one attached hydrogen (secondary N) is 3. The average Bonchev–Trinajstić information content (AvgIpc) is 2.87. The van der Waals surface area contributed by atoms with Crippen LogP contribution in [0.2, 0.25) is 0 Å². The van der Waals surface area contributed by atoms with Crippen molar-refractivity contribution in [3.05, 3.63) is 35.6 Å². The third-order valence-electron chi connectivity index (χ3n) is 4.38. The number of rotatable bonds is 5. The van der Waals surface area contributed by atoms with Crippen LogP contribution in [-0.4, -0.2) is 29.4 Å².